The fraction of sp³-hybridized carbons (Fsp3) is 0.226. The van der Waals surface area contributed by atoms with E-state index < -0.39 is 17.6 Å². The number of piperazine rings is 1. The number of pyridine rings is 1. The van der Waals surface area contributed by atoms with Gasteiger partial charge in [0, 0.05) is 74.2 Å². The standard InChI is InChI=1S/C31H28F3N7O2/c1-40-13-15-41(16-14-40)19-22-6-5-21(17-25(22)31(32,33)34)29(42)37-23-3-2-4-24(18-23)43-30-27-26(9-12-36-27)38-28(39-30)20-7-10-35-11-8-20/h2-12,17-18,36H,13-16,19H2,1H3,(H,37,42). The van der Waals surface area contributed by atoms with Gasteiger partial charge in [-0.15, -0.1) is 0 Å². The lowest BCUT2D eigenvalue weighted by Crippen LogP contribution is -2.44. The van der Waals surface area contributed by atoms with Crippen molar-refractivity contribution >= 4 is 22.6 Å². The molecule has 220 valence electrons. The van der Waals surface area contributed by atoms with Gasteiger partial charge in [0.05, 0.1) is 11.1 Å². The second-order valence-electron chi connectivity index (χ2n) is 10.4. The number of halogens is 3. The number of amides is 1. The van der Waals surface area contributed by atoms with Gasteiger partial charge in [-0.25, -0.2) is 4.98 Å². The molecule has 1 saturated heterocycles. The lowest BCUT2D eigenvalue weighted by Gasteiger charge is -2.33. The van der Waals surface area contributed by atoms with Gasteiger partial charge >= 0.3 is 6.18 Å². The Balaban J connectivity index is 1.21. The number of likely N-dealkylation sites (N-methyl/N-ethyl adjacent to an activating group) is 1. The van der Waals surface area contributed by atoms with Crippen molar-refractivity contribution in [1.29, 1.82) is 0 Å². The number of ether oxygens (including phenoxy) is 1. The lowest BCUT2D eigenvalue weighted by atomic mass is 10.0. The molecule has 0 saturated carbocycles. The van der Waals surface area contributed by atoms with Crippen LogP contribution in [0.1, 0.15) is 21.5 Å². The van der Waals surface area contributed by atoms with Gasteiger partial charge in [-0.3, -0.25) is 14.7 Å². The topological polar surface area (TPSA) is 99.3 Å². The molecular formula is C31H28F3N7O2. The van der Waals surface area contributed by atoms with Crippen LogP contribution >= 0.6 is 0 Å². The molecule has 3 aromatic heterocycles. The molecule has 1 aliphatic rings. The summed E-state index contributed by atoms with van der Waals surface area (Å²) in [6.45, 7) is 3.13. The summed E-state index contributed by atoms with van der Waals surface area (Å²) in [5.41, 5.74) is 1.60. The van der Waals surface area contributed by atoms with Crippen molar-refractivity contribution < 1.29 is 22.7 Å². The number of hydrogen-bond donors (Lipinski definition) is 2. The van der Waals surface area contributed by atoms with Gasteiger partial charge in [0.2, 0.25) is 5.88 Å². The Bertz CT molecular complexity index is 1750. The SMILES string of the molecule is CN1CCN(Cc2ccc(C(=O)Nc3cccc(Oc4nc(-c5ccncc5)nc5cc[nH]c45)c3)cc2C(F)(F)F)CC1. The van der Waals surface area contributed by atoms with Crippen molar-refractivity contribution in [2.24, 2.45) is 0 Å². The van der Waals surface area contributed by atoms with E-state index in [1.807, 2.05) is 11.9 Å². The largest absolute Gasteiger partial charge is 0.437 e. The van der Waals surface area contributed by atoms with Gasteiger partial charge in [-0.1, -0.05) is 12.1 Å². The summed E-state index contributed by atoms with van der Waals surface area (Å²) in [6.07, 6.45) is 0.420. The molecule has 0 unspecified atom stereocenters. The molecule has 4 heterocycles. The number of rotatable bonds is 7. The number of carbonyl (C=O) groups is 1. The van der Waals surface area contributed by atoms with Gasteiger partial charge in [-0.05, 0) is 55.1 Å². The molecule has 5 aromatic rings. The molecule has 1 fully saturated rings. The molecule has 0 aliphatic carbocycles. The molecule has 2 N–H and O–H groups in total. The van der Waals surface area contributed by atoms with E-state index in [2.05, 4.69) is 30.2 Å². The Morgan fingerprint density at radius 1 is 1.00 bits per heavy atom. The number of nitrogens with zero attached hydrogens (tertiary/aromatic N) is 5. The quantitative estimate of drug-likeness (QED) is 0.247. The Hall–Kier alpha value is -4.81. The Kier molecular flexibility index (Phi) is 7.78. The molecule has 1 aliphatic heterocycles. The molecule has 9 nitrogen and oxygen atoms in total. The molecule has 43 heavy (non-hydrogen) atoms. The van der Waals surface area contributed by atoms with E-state index in [0.717, 1.165) is 24.7 Å². The second kappa shape index (κ2) is 11.8. The first-order valence-electron chi connectivity index (χ1n) is 13.7. The Labute approximate surface area is 245 Å². The highest BCUT2D eigenvalue weighted by atomic mass is 19.4. The highest BCUT2D eigenvalue weighted by molar-refractivity contribution is 6.04. The van der Waals surface area contributed by atoms with E-state index in [1.54, 1.807) is 61.1 Å². The van der Waals surface area contributed by atoms with Crippen molar-refractivity contribution in [1.82, 2.24) is 29.7 Å². The van der Waals surface area contributed by atoms with Gasteiger partial charge in [-0.2, -0.15) is 18.2 Å². The molecular weight excluding hydrogens is 559 g/mol. The Morgan fingerprint density at radius 3 is 2.56 bits per heavy atom. The molecule has 1 amide bonds. The van der Waals surface area contributed by atoms with Crippen LogP contribution in [0.25, 0.3) is 22.4 Å². The van der Waals surface area contributed by atoms with Crippen molar-refractivity contribution in [3.8, 4) is 23.0 Å². The molecule has 0 radical (unpaired) electrons. The summed E-state index contributed by atoms with van der Waals surface area (Å²) in [7, 11) is 1.99. The van der Waals surface area contributed by atoms with Crippen molar-refractivity contribution in [3.05, 3.63) is 95.9 Å². The number of hydrogen-bond acceptors (Lipinski definition) is 7. The van der Waals surface area contributed by atoms with Crippen LogP contribution in [0, 0.1) is 0 Å². The first kappa shape index (κ1) is 28.3. The maximum Gasteiger partial charge on any atom is 0.416 e. The first-order chi connectivity index (χ1) is 20.7. The van der Waals surface area contributed by atoms with E-state index >= 15 is 0 Å². The third-order valence-corrected chi connectivity index (χ3v) is 7.28. The van der Waals surface area contributed by atoms with Crippen LogP contribution in [0.2, 0.25) is 0 Å². The minimum atomic E-state index is -4.60. The van der Waals surface area contributed by atoms with Crippen molar-refractivity contribution in [2.45, 2.75) is 12.7 Å². The first-order valence-corrected chi connectivity index (χ1v) is 13.7. The van der Waals surface area contributed by atoms with E-state index in [1.165, 1.54) is 12.1 Å². The number of aromatic amines is 1. The Morgan fingerprint density at radius 2 is 1.79 bits per heavy atom. The zero-order chi connectivity index (χ0) is 30.0. The number of carbonyl (C=O) groups excluding carboxylic acids is 1. The second-order valence-corrected chi connectivity index (χ2v) is 10.4. The number of aromatic nitrogens is 4. The molecule has 0 bridgehead atoms. The molecule has 0 atom stereocenters. The molecule has 12 heteroatoms. The van der Waals surface area contributed by atoms with Crippen molar-refractivity contribution in [3.63, 3.8) is 0 Å². The third-order valence-electron chi connectivity index (χ3n) is 7.28. The number of H-pyrrole nitrogens is 1. The van der Waals surface area contributed by atoms with Gasteiger partial charge in [0.1, 0.15) is 11.3 Å². The maximum atomic E-state index is 14.0. The number of alkyl halides is 3. The zero-order valence-corrected chi connectivity index (χ0v) is 23.2. The van der Waals surface area contributed by atoms with Crippen LogP contribution < -0.4 is 10.1 Å². The van der Waals surface area contributed by atoms with Crippen LogP contribution in [-0.4, -0.2) is 68.9 Å². The molecule has 2 aromatic carbocycles. The fourth-order valence-corrected chi connectivity index (χ4v) is 4.94. The maximum absolute atomic E-state index is 14.0. The average Bonchev–Trinajstić information content (AvgIpc) is 3.48. The molecule has 0 spiro atoms. The predicted octanol–water partition coefficient (Wildman–Crippen LogP) is 5.83. The summed E-state index contributed by atoms with van der Waals surface area (Å²) in [4.78, 5) is 33.5. The summed E-state index contributed by atoms with van der Waals surface area (Å²) in [6, 6.07) is 15.7. The van der Waals surface area contributed by atoms with E-state index in [9.17, 15) is 18.0 Å². The number of benzene rings is 2. The number of nitrogens with one attached hydrogen (secondary N) is 2. The van der Waals surface area contributed by atoms with Crippen LogP contribution in [0.3, 0.4) is 0 Å². The average molecular weight is 588 g/mol. The highest BCUT2D eigenvalue weighted by Gasteiger charge is 2.34. The van der Waals surface area contributed by atoms with Crippen molar-refractivity contribution in [2.75, 3.05) is 38.5 Å². The summed E-state index contributed by atoms with van der Waals surface area (Å²) in [5, 5.41) is 2.69. The van der Waals surface area contributed by atoms with Gasteiger partial charge < -0.3 is 19.9 Å². The minimum absolute atomic E-state index is 0.0911. The van der Waals surface area contributed by atoms with E-state index in [0.29, 0.717) is 41.4 Å². The monoisotopic (exact) mass is 587 g/mol. The third kappa shape index (κ3) is 6.50. The van der Waals surface area contributed by atoms with Crippen LogP contribution in [-0.2, 0) is 12.7 Å². The summed E-state index contributed by atoms with van der Waals surface area (Å²) < 4.78 is 48.2. The predicted molar refractivity (Wildman–Crippen MR) is 156 cm³/mol. The van der Waals surface area contributed by atoms with E-state index in [4.69, 9.17) is 4.74 Å². The van der Waals surface area contributed by atoms with E-state index in [-0.39, 0.29) is 23.6 Å². The van der Waals surface area contributed by atoms with Crippen LogP contribution in [0.4, 0.5) is 18.9 Å². The van der Waals surface area contributed by atoms with Crippen LogP contribution in [0.15, 0.2) is 79.3 Å². The van der Waals surface area contributed by atoms with Crippen LogP contribution in [0.5, 0.6) is 11.6 Å². The molecule has 6 rings (SSSR count). The fourth-order valence-electron chi connectivity index (χ4n) is 4.94. The lowest BCUT2D eigenvalue weighted by molar-refractivity contribution is -0.138. The minimum Gasteiger partial charge on any atom is -0.437 e. The number of anilines is 1. The summed E-state index contributed by atoms with van der Waals surface area (Å²) >= 11 is 0. The zero-order valence-electron chi connectivity index (χ0n) is 23.2. The van der Waals surface area contributed by atoms with Gasteiger partial charge in [0.15, 0.2) is 5.82 Å². The smallest absolute Gasteiger partial charge is 0.416 e. The normalized spacial score (nSPS) is 14.6. The number of fused-ring (bicyclic) bond motifs is 1. The van der Waals surface area contributed by atoms with Gasteiger partial charge in [0.25, 0.3) is 5.91 Å². The summed E-state index contributed by atoms with van der Waals surface area (Å²) in [5.74, 6) is 0.427. The highest BCUT2D eigenvalue weighted by Crippen LogP contribution is 2.34.